The molecule has 0 radical (unpaired) electrons. The number of aliphatic hydroxyl groups excluding tert-OH is 1. The molecule has 2 N–H and O–H groups in total. The fourth-order valence-electron chi connectivity index (χ4n) is 3.54. The topological polar surface area (TPSA) is 87.1 Å². The molecule has 2 fully saturated rings. The van der Waals surface area contributed by atoms with Gasteiger partial charge in [-0.05, 0) is 38.0 Å². The molecular formula is C16H22ClNO5S. The molecule has 0 saturated carbocycles. The fraction of sp³-hybridized carbons (Fsp3) is 0.625. The van der Waals surface area contributed by atoms with Crippen molar-refractivity contribution >= 4 is 21.6 Å². The van der Waals surface area contributed by atoms with E-state index in [-0.39, 0.29) is 18.0 Å². The van der Waals surface area contributed by atoms with Gasteiger partial charge in [-0.2, -0.15) is 4.31 Å². The molecule has 1 aromatic carbocycles. The van der Waals surface area contributed by atoms with Crippen LogP contribution in [0.2, 0.25) is 5.02 Å². The third-order valence-corrected chi connectivity index (χ3v) is 7.22. The maximum atomic E-state index is 12.7. The molecule has 24 heavy (non-hydrogen) atoms. The van der Waals surface area contributed by atoms with Crippen LogP contribution >= 0.6 is 11.6 Å². The van der Waals surface area contributed by atoms with Crippen LogP contribution in [0, 0.1) is 0 Å². The number of ether oxygens (including phenoxy) is 1. The van der Waals surface area contributed by atoms with E-state index in [1.165, 1.54) is 16.4 Å². The molecule has 2 saturated heterocycles. The fourth-order valence-corrected chi connectivity index (χ4v) is 5.29. The first-order valence-electron chi connectivity index (χ1n) is 7.98. The van der Waals surface area contributed by atoms with Crippen molar-refractivity contribution in [1.82, 2.24) is 4.31 Å². The number of sulfonamides is 1. The van der Waals surface area contributed by atoms with Crippen LogP contribution in [0.5, 0.6) is 0 Å². The normalized spacial score (nSPS) is 31.2. The Kier molecular flexibility index (Phi) is 4.70. The van der Waals surface area contributed by atoms with Gasteiger partial charge in [0.1, 0.15) is 6.10 Å². The summed E-state index contributed by atoms with van der Waals surface area (Å²) >= 11 is 5.89. The summed E-state index contributed by atoms with van der Waals surface area (Å²) < 4.78 is 32.6. The summed E-state index contributed by atoms with van der Waals surface area (Å²) in [5.41, 5.74) is -2.10. The highest BCUT2D eigenvalue weighted by molar-refractivity contribution is 7.89. The molecule has 6 nitrogen and oxygen atoms in total. The maximum absolute atomic E-state index is 12.7. The van der Waals surface area contributed by atoms with E-state index in [0.717, 1.165) is 0 Å². The van der Waals surface area contributed by atoms with Crippen LogP contribution in [-0.2, 0) is 14.8 Å². The molecule has 2 heterocycles. The Bertz CT molecular complexity index is 713. The van der Waals surface area contributed by atoms with Crippen molar-refractivity contribution in [2.75, 3.05) is 19.7 Å². The van der Waals surface area contributed by atoms with Crippen LogP contribution in [0.3, 0.4) is 0 Å². The molecule has 1 aromatic rings. The van der Waals surface area contributed by atoms with Gasteiger partial charge in [0.25, 0.3) is 0 Å². The average molecular weight is 376 g/mol. The summed E-state index contributed by atoms with van der Waals surface area (Å²) in [6.07, 6.45) is 0.00376. The summed E-state index contributed by atoms with van der Waals surface area (Å²) in [6, 6.07) is 6.17. The molecule has 1 spiro atoms. The summed E-state index contributed by atoms with van der Waals surface area (Å²) in [5.74, 6) is 0. The Labute approximate surface area is 147 Å². The average Bonchev–Trinajstić information content (AvgIpc) is 2.53. The molecule has 2 aliphatic rings. The number of hydrogen-bond acceptors (Lipinski definition) is 5. The lowest BCUT2D eigenvalue weighted by Gasteiger charge is -2.51. The summed E-state index contributed by atoms with van der Waals surface area (Å²) in [7, 11) is -3.64. The van der Waals surface area contributed by atoms with Crippen molar-refractivity contribution in [2.24, 2.45) is 0 Å². The van der Waals surface area contributed by atoms with E-state index in [1.807, 2.05) is 0 Å². The Morgan fingerprint density at radius 2 is 1.96 bits per heavy atom. The van der Waals surface area contributed by atoms with Crippen LogP contribution in [0.25, 0.3) is 0 Å². The summed E-state index contributed by atoms with van der Waals surface area (Å²) in [6.45, 7) is 2.39. The van der Waals surface area contributed by atoms with Crippen LogP contribution in [0.4, 0.5) is 0 Å². The predicted molar refractivity (Wildman–Crippen MR) is 89.4 cm³/mol. The highest BCUT2D eigenvalue weighted by Crippen LogP contribution is 2.40. The van der Waals surface area contributed by atoms with Crippen LogP contribution in [-0.4, -0.2) is 59.9 Å². The largest absolute Gasteiger partial charge is 0.387 e. The SMILES string of the molecule is C[C@@]1(O)CCOC2(CCN(S(=O)(=O)c3cccc(Cl)c3)CC2)C1O. The maximum Gasteiger partial charge on any atom is 0.243 e. The molecule has 0 aliphatic carbocycles. The van der Waals surface area contributed by atoms with Crippen molar-refractivity contribution in [3.05, 3.63) is 29.3 Å². The van der Waals surface area contributed by atoms with E-state index >= 15 is 0 Å². The Morgan fingerprint density at radius 1 is 1.29 bits per heavy atom. The Hall–Kier alpha value is -0.700. The van der Waals surface area contributed by atoms with E-state index < -0.39 is 27.3 Å². The molecular weight excluding hydrogens is 354 g/mol. The van der Waals surface area contributed by atoms with Crippen LogP contribution in [0.15, 0.2) is 29.2 Å². The van der Waals surface area contributed by atoms with E-state index in [1.54, 1.807) is 19.1 Å². The van der Waals surface area contributed by atoms with Crippen molar-refractivity contribution in [1.29, 1.82) is 0 Å². The lowest BCUT2D eigenvalue weighted by Crippen LogP contribution is -2.64. The minimum atomic E-state index is -3.64. The first-order valence-corrected chi connectivity index (χ1v) is 9.79. The van der Waals surface area contributed by atoms with Crippen molar-refractivity contribution in [3.8, 4) is 0 Å². The van der Waals surface area contributed by atoms with Gasteiger partial charge in [-0.3, -0.25) is 0 Å². The van der Waals surface area contributed by atoms with Gasteiger partial charge in [0.05, 0.1) is 22.7 Å². The molecule has 3 rings (SSSR count). The number of halogens is 1. The molecule has 2 atom stereocenters. The quantitative estimate of drug-likeness (QED) is 0.815. The van der Waals surface area contributed by atoms with Gasteiger partial charge in [-0.1, -0.05) is 17.7 Å². The number of aliphatic hydroxyl groups is 2. The minimum absolute atomic E-state index is 0.156. The third kappa shape index (κ3) is 3.09. The highest BCUT2D eigenvalue weighted by Gasteiger charge is 2.53. The third-order valence-electron chi connectivity index (χ3n) is 5.09. The Morgan fingerprint density at radius 3 is 2.58 bits per heavy atom. The number of piperidine rings is 1. The van der Waals surface area contributed by atoms with E-state index in [2.05, 4.69) is 0 Å². The van der Waals surface area contributed by atoms with Crippen LogP contribution in [0.1, 0.15) is 26.2 Å². The second kappa shape index (κ2) is 6.23. The molecule has 0 amide bonds. The second-order valence-electron chi connectivity index (χ2n) is 6.78. The van der Waals surface area contributed by atoms with E-state index in [9.17, 15) is 18.6 Å². The Balaban J connectivity index is 1.78. The zero-order valence-electron chi connectivity index (χ0n) is 13.5. The first-order chi connectivity index (χ1) is 11.2. The monoisotopic (exact) mass is 375 g/mol. The predicted octanol–water partition coefficient (Wildman–Crippen LogP) is 1.40. The smallest absolute Gasteiger partial charge is 0.243 e. The van der Waals surface area contributed by atoms with Crippen molar-refractivity contribution in [2.45, 2.75) is 48.4 Å². The molecule has 0 aromatic heterocycles. The van der Waals surface area contributed by atoms with Gasteiger partial charge in [0.2, 0.25) is 10.0 Å². The standard InChI is InChI=1S/C16H22ClNO5S/c1-15(20)7-10-23-16(14(15)19)5-8-18(9-6-16)24(21,22)13-4-2-3-12(17)11-13/h2-4,11,14,19-20H,5-10H2,1H3/t14?,15-/m1/s1. The lowest BCUT2D eigenvalue weighted by atomic mass is 9.75. The summed E-state index contributed by atoms with van der Waals surface area (Å²) in [4.78, 5) is 0.156. The zero-order chi connectivity index (χ0) is 17.6. The molecule has 134 valence electrons. The molecule has 8 heteroatoms. The summed E-state index contributed by atoms with van der Waals surface area (Å²) in [5, 5.41) is 21.2. The van der Waals surface area contributed by atoms with Gasteiger partial charge in [-0.15, -0.1) is 0 Å². The number of hydrogen-bond donors (Lipinski definition) is 2. The highest BCUT2D eigenvalue weighted by atomic mass is 35.5. The number of rotatable bonds is 2. The van der Waals surface area contributed by atoms with Gasteiger partial charge in [-0.25, -0.2) is 8.42 Å². The number of benzene rings is 1. The molecule has 1 unspecified atom stereocenters. The molecule has 0 bridgehead atoms. The van der Waals surface area contributed by atoms with Gasteiger partial charge in [0.15, 0.2) is 0 Å². The lowest BCUT2D eigenvalue weighted by molar-refractivity contribution is -0.243. The van der Waals surface area contributed by atoms with E-state index in [0.29, 0.717) is 30.9 Å². The van der Waals surface area contributed by atoms with Crippen LogP contribution < -0.4 is 0 Å². The minimum Gasteiger partial charge on any atom is -0.387 e. The van der Waals surface area contributed by atoms with Crippen molar-refractivity contribution in [3.63, 3.8) is 0 Å². The van der Waals surface area contributed by atoms with Gasteiger partial charge >= 0.3 is 0 Å². The van der Waals surface area contributed by atoms with Crippen molar-refractivity contribution < 1.29 is 23.4 Å². The van der Waals surface area contributed by atoms with E-state index in [4.69, 9.17) is 16.3 Å². The zero-order valence-corrected chi connectivity index (χ0v) is 15.1. The first kappa shape index (κ1) is 18.1. The van der Waals surface area contributed by atoms with Gasteiger partial charge < -0.3 is 14.9 Å². The van der Waals surface area contributed by atoms with Gasteiger partial charge in [0, 0.05) is 24.5 Å². The number of nitrogens with zero attached hydrogens (tertiary/aromatic N) is 1. The molecule has 2 aliphatic heterocycles. The second-order valence-corrected chi connectivity index (χ2v) is 9.16.